The van der Waals surface area contributed by atoms with Crippen molar-refractivity contribution in [3.63, 3.8) is 0 Å². The van der Waals surface area contributed by atoms with E-state index in [1.165, 1.54) is 17.7 Å². The van der Waals surface area contributed by atoms with Gasteiger partial charge in [-0.15, -0.1) is 0 Å². The molecule has 0 radical (unpaired) electrons. The molecule has 0 unspecified atom stereocenters. The number of hydrogen-bond donors (Lipinski definition) is 0. The van der Waals surface area contributed by atoms with E-state index in [-0.39, 0.29) is 5.82 Å². The average molecular weight is 528 g/mol. The predicted molar refractivity (Wildman–Crippen MR) is 140 cm³/mol. The highest BCUT2D eigenvalue weighted by atomic mass is 19.4. The minimum Gasteiger partial charge on any atom is -0.481 e. The third-order valence-electron chi connectivity index (χ3n) is 6.54. The van der Waals surface area contributed by atoms with E-state index in [1.807, 2.05) is 24.4 Å². The summed E-state index contributed by atoms with van der Waals surface area (Å²) in [5, 5.41) is 1.33. The van der Waals surface area contributed by atoms with Gasteiger partial charge < -0.3 is 4.74 Å². The van der Waals surface area contributed by atoms with Crippen LogP contribution in [0.15, 0.2) is 66.9 Å². The molecule has 200 valence electrons. The number of hydrogen-bond acceptors (Lipinski definition) is 2. The first-order valence-electron chi connectivity index (χ1n) is 12.8. The number of benzene rings is 3. The fraction of sp³-hybridized carbons (Fsp3) is 0.323. The van der Waals surface area contributed by atoms with Crippen molar-refractivity contribution in [3.05, 3.63) is 106 Å². The van der Waals surface area contributed by atoms with Crippen LogP contribution in [0.2, 0.25) is 0 Å². The van der Waals surface area contributed by atoms with Crippen LogP contribution in [0.25, 0.3) is 10.8 Å². The molecule has 0 saturated carbocycles. The van der Waals surface area contributed by atoms with Crippen LogP contribution < -0.4 is 4.74 Å². The molecule has 0 spiro atoms. The molecule has 38 heavy (non-hydrogen) atoms. The smallest absolute Gasteiger partial charge is 0.422 e. The first kappa shape index (κ1) is 27.6. The average Bonchev–Trinajstić information content (AvgIpc) is 2.90. The highest BCUT2D eigenvalue weighted by molar-refractivity contribution is 5.84. The summed E-state index contributed by atoms with van der Waals surface area (Å²) in [7, 11) is 0. The van der Waals surface area contributed by atoms with Gasteiger partial charge >= 0.3 is 6.18 Å². The highest BCUT2D eigenvalue weighted by Crippen LogP contribution is 2.26. The second-order valence-electron chi connectivity index (χ2n) is 9.52. The van der Waals surface area contributed by atoms with Gasteiger partial charge in [-0.1, -0.05) is 55.8 Å². The Bertz CT molecular complexity index is 1370. The summed E-state index contributed by atoms with van der Waals surface area (Å²) in [5.41, 5.74) is 4.43. The number of pyridine rings is 1. The normalized spacial score (nSPS) is 11.7. The summed E-state index contributed by atoms with van der Waals surface area (Å²) in [4.78, 5) is 4.57. The van der Waals surface area contributed by atoms with E-state index in [1.54, 1.807) is 12.1 Å². The largest absolute Gasteiger partial charge is 0.481 e. The molecule has 0 aliphatic heterocycles. The van der Waals surface area contributed by atoms with Crippen LogP contribution in [0.3, 0.4) is 0 Å². The maximum absolute atomic E-state index is 15.2. The summed E-state index contributed by atoms with van der Waals surface area (Å²) in [6, 6.07) is 17.3. The SMILES string of the molecule is CCCCc1ccc(CCc2ccc3c(F)c(CCc4ccc(OCC(F)(F)F)c(F)c4)ccc3c2)nc1. The number of fused-ring (bicyclic) bond motifs is 1. The maximum atomic E-state index is 15.2. The van der Waals surface area contributed by atoms with E-state index in [0.717, 1.165) is 54.8 Å². The third kappa shape index (κ3) is 7.53. The van der Waals surface area contributed by atoms with Gasteiger partial charge in [0.2, 0.25) is 0 Å². The van der Waals surface area contributed by atoms with Crippen LogP contribution >= 0.6 is 0 Å². The monoisotopic (exact) mass is 527 g/mol. The molecular formula is C31H30F5NO. The van der Waals surface area contributed by atoms with Crippen LogP contribution in [0.4, 0.5) is 22.0 Å². The third-order valence-corrected chi connectivity index (χ3v) is 6.54. The number of aryl methyl sites for hydroxylation is 5. The first-order chi connectivity index (χ1) is 18.2. The van der Waals surface area contributed by atoms with Crippen molar-refractivity contribution in [1.82, 2.24) is 4.98 Å². The maximum Gasteiger partial charge on any atom is 0.422 e. The van der Waals surface area contributed by atoms with E-state index in [9.17, 15) is 17.6 Å². The molecule has 0 amide bonds. The number of rotatable bonds is 11. The molecule has 4 rings (SSSR count). The minimum absolute atomic E-state index is 0.316. The van der Waals surface area contributed by atoms with Crippen molar-refractivity contribution in [1.29, 1.82) is 0 Å². The van der Waals surface area contributed by atoms with Crippen molar-refractivity contribution < 1.29 is 26.7 Å². The van der Waals surface area contributed by atoms with Gasteiger partial charge in [-0.3, -0.25) is 4.98 Å². The number of aromatic nitrogens is 1. The lowest BCUT2D eigenvalue weighted by Gasteiger charge is -2.11. The fourth-order valence-electron chi connectivity index (χ4n) is 4.39. The van der Waals surface area contributed by atoms with E-state index in [4.69, 9.17) is 0 Å². The van der Waals surface area contributed by atoms with Gasteiger partial charge in [0.1, 0.15) is 5.82 Å². The molecule has 3 aromatic carbocycles. The second kappa shape index (κ2) is 12.4. The fourth-order valence-corrected chi connectivity index (χ4v) is 4.39. The van der Waals surface area contributed by atoms with Gasteiger partial charge in [-0.2, -0.15) is 13.2 Å². The standard InChI is InChI=1S/C31H30F5NO/c1-2-3-4-23-7-14-26(37-19-23)13-6-21-8-15-27-25(17-21)12-11-24(30(27)33)10-5-22-9-16-29(28(32)18-22)38-20-31(34,35)36/h7-9,11-12,14-19H,2-6,10,13,20H2,1H3. The molecule has 2 nitrogen and oxygen atoms in total. The van der Waals surface area contributed by atoms with Crippen LogP contribution in [-0.4, -0.2) is 17.8 Å². The molecule has 0 N–H and O–H groups in total. The van der Waals surface area contributed by atoms with Gasteiger partial charge in [0.05, 0.1) is 0 Å². The molecule has 0 aliphatic carbocycles. The Labute approximate surface area is 219 Å². The molecule has 0 aliphatic rings. The molecule has 0 fully saturated rings. The molecule has 1 heterocycles. The summed E-state index contributed by atoms with van der Waals surface area (Å²) in [6.07, 6.45) is 3.03. The van der Waals surface area contributed by atoms with Gasteiger partial charge in [0.15, 0.2) is 18.2 Å². The van der Waals surface area contributed by atoms with Gasteiger partial charge in [-0.25, -0.2) is 8.78 Å². The van der Waals surface area contributed by atoms with Crippen LogP contribution in [0.1, 0.15) is 47.7 Å². The summed E-state index contributed by atoms with van der Waals surface area (Å²) in [6.45, 7) is 0.614. The molecule has 0 bridgehead atoms. The van der Waals surface area contributed by atoms with Gasteiger partial charge in [0.25, 0.3) is 0 Å². The van der Waals surface area contributed by atoms with Crippen molar-refractivity contribution in [2.45, 2.75) is 58.0 Å². The zero-order chi connectivity index (χ0) is 27.1. The van der Waals surface area contributed by atoms with E-state index in [0.29, 0.717) is 29.4 Å². The summed E-state index contributed by atoms with van der Waals surface area (Å²) in [5.74, 6) is -1.65. The van der Waals surface area contributed by atoms with E-state index in [2.05, 4.69) is 28.8 Å². The summed E-state index contributed by atoms with van der Waals surface area (Å²) >= 11 is 0. The quantitative estimate of drug-likeness (QED) is 0.183. The Kier molecular flexibility index (Phi) is 8.97. The lowest BCUT2D eigenvalue weighted by molar-refractivity contribution is -0.153. The van der Waals surface area contributed by atoms with Crippen LogP contribution in [0, 0.1) is 11.6 Å². The zero-order valence-electron chi connectivity index (χ0n) is 21.3. The molecule has 0 saturated heterocycles. The lowest BCUT2D eigenvalue weighted by Crippen LogP contribution is -2.19. The lowest BCUT2D eigenvalue weighted by atomic mass is 9.97. The molecule has 4 aromatic rings. The van der Waals surface area contributed by atoms with Crippen LogP contribution in [0.5, 0.6) is 5.75 Å². The molecule has 0 atom stereocenters. The van der Waals surface area contributed by atoms with Gasteiger partial charge in [-0.05, 0) is 84.4 Å². The zero-order valence-corrected chi connectivity index (χ0v) is 21.3. The number of nitrogens with zero attached hydrogens (tertiary/aromatic N) is 1. The van der Waals surface area contributed by atoms with Crippen molar-refractivity contribution >= 4 is 10.8 Å². The highest BCUT2D eigenvalue weighted by Gasteiger charge is 2.29. The molecule has 1 aromatic heterocycles. The Morgan fingerprint density at radius 3 is 2.21 bits per heavy atom. The molecule has 7 heteroatoms. The van der Waals surface area contributed by atoms with Crippen LogP contribution in [-0.2, 0) is 32.1 Å². The Hall–Kier alpha value is -3.48. The number of unbranched alkanes of at least 4 members (excludes halogenated alkanes) is 1. The van der Waals surface area contributed by atoms with Crippen molar-refractivity contribution in [3.8, 4) is 5.75 Å². The van der Waals surface area contributed by atoms with E-state index < -0.39 is 24.3 Å². The number of alkyl halides is 3. The first-order valence-corrected chi connectivity index (χ1v) is 12.8. The Balaban J connectivity index is 1.37. The Morgan fingerprint density at radius 2 is 1.50 bits per heavy atom. The molecular weight excluding hydrogens is 497 g/mol. The second-order valence-corrected chi connectivity index (χ2v) is 9.52. The summed E-state index contributed by atoms with van der Waals surface area (Å²) < 4.78 is 70.8. The topological polar surface area (TPSA) is 22.1 Å². The Morgan fingerprint density at radius 1 is 0.763 bits per heavy atom. The van der Waals surface area contributed by atoms with E-state index >= 15 is 4.39 Å². The minimum atomic E-state index is -4.54. The van der Waals surface area contributed by atoms with Crippen molar-refractivity contribution in [2.75, 3.05) is 6.61 Å². The van der Waals surface area contributed by atoms with Gasteiger partial charge in [0, 0.05) is 17.3 Å². The number of halogens is 5. The predicted octanol–water partition coefficient (Wildman–Crippen LogP) is 8.37. The number of ether oxygens (including phenoxy) is 1. The van der Waals surface area contributed by atoms with Crippen molar-refractivity contribution in [2.24, 2.45) is 0 Å².